The van der Waals surface area contributed by atoms with Crippen molar-refractivity contribution < 1.29 is 12.8 Å². The number of nitrogens with zero attached hydrogens (tertiary/aromatic N) is 4. The Kier molecular flexibility index (Phi) is 6.43. The van der Waals surface area contributed by atoms with Gasteiger partial charge in [-0.2, -0.15) is 0 Å². The minimum absolute atomic E-state index is 0.0975. The number of hydrogen-bond acceptors (Lipinski definition) is 8. The fourth-order valence-electron chi connectivity index (χ4n) is 5.05. The van der Waals surface area contributed by atoms with Gasteiger partial charge in [0.05, 0.1) is 28.7 Å². The average Bonchev–Trinajstić information content (AvgIpc) is 3.68. The molecule has 4 aromatic rings. The molecule has 0 spiro atoms. The summed E-state index contributed by atoms with van der Waals surface area (Å²) >= 11 is 0. The van der Waals surface area contributed by atoms with Crippen molar-refractivity contribution in [2.24, 2.45) is 0 Å². The van der Waals surface area contributed by atoms with E-state index in [9.17, 15) is 12.8 Å². The molecule has 3 aromatic heterocycles. The van der Waals surface area contributed by atoms with E-state index in [1.165, 1.54) is 20.2 Å². The number of pyridine rings is 2. The Balaban J connectivity index is 1.35. The Morgan fingerprint density at radius 3 is 2.67 bits per heavy atom. The SMILES string of the molecule is CC(C)(F)CNS(=O)(=O)c1c2c(cc3cnc(C4CC4)cc13)CC(Nc1cncnc1Nc1cccnc1)C2. The summed E-state index contributed by atoms with van der Waals surface area (Å²) in [6, 6.07) is 7.56. The second-order valence-electron chi connectivity index (χ2n) is 10.9. The lowest BCUT2D eigenvalue weighted by molar-refractivity contribution is 0.221. The second kappa shape index (κ2) is 9.80. The van der Waals surface area contributed by atoms with Crippen molar-refractivity contribution >= 4 is 38.0 Å². The van der Waals surface area contributed by atoms with E-state index in [0.29, 0.717) is 35.7 Å². The van der Waals surface area contributed by atoms with Crippen molar-refractivity contribution in [1.82, 2.24) is 24.7 Å². The van der Waals surface area contributed by atoms with Crippen LogP contribution in [-0.2, 0) is 22.9 Å². The minimum atomic E-state index is -4.00. The maximum absolute atomic E-state index is 14.3. The number of anilines is 3. The lowest BCUT2D eigenvalue weighted by Crippen LogP contribution is -2.36. The van der Waals surface area contributed by atoms with E-state index in [2.05, 4.69) is 35.3 Å². The molecule has 1 atom stereocenters. The van der Waals surface area contributed by atoms with Gasteiger partial charge in [-0.25, -0.2) is 27.5 Å². The van der Waals surface area contributed by atoms with Crippen LogP contribution in [0, 0.1) is 0 Å². The van der Waals surface area contributed by atoms with Crippen molar-refractivity contribution in [3.63, 3.8) is 0 Å². The summed E-state index contributed by atoms with van der Waals surface area (Å²) in [6.07, 6.45) is 11.5. The highest BCUT2D eigenvalue weighted by Gasteiger charge is 2.34. The molecular formula is C28H30FN7O2S. The zero-order valence-electron chi connectivity index (χ0n) is 21.8. The fraction of sp³-hybridized carbons (Fsp3) is 0.357. The summed E-state index contributed by atoms with van der Waals surface area (Å²) in [5, 5.41) is 8.17. The molecule has 202 valence electrons. The van der Waals surface area contributed by atoms with E-state index in [4.69, 9.17) is 0 Å². The third-order valence-electron chi connectivity index (χ3n) is 7.05. The van der Waals surface area contributed by atoms with Crippen LogP contribution in [0.2, 0.25) is 0 Å². The highest BCUT2D eigenvalue weighted by molar-refractivity contribution is 7.89. The van der Waals surface area contributed by atoms with Gasteiger partial charge in [-0.15, -0.1) is 0 Å². The number of hydrogen-bond donors (Lipinski definition) is 3. The van der Waals surface area contributed by atoms with E-state index in [-0.39, 0.29) is 17.5 Å². The minimum Gasteiger partial charge on any atom is -0.377 e. The van der Waals surface area contributed by atoms with Gasteiger partial charge < -0.3 is 10.6 Å². The van der Waals surface area contributed by atoms with Crippen LogP contribution < -0.4 is 15.4 Å². The van der Waals surface area contributed by atoms with Gasteiger partial charge in [-0.05, 0) is 74.9 Å². The van der Waals surface area contributed by atoms with Gasteiger partial charge in [0.15, 0.2) is 5.82 Å². The molecule has 0 aliphatic heterocycles. The predicted molar refractivity (Wildman–Crippen MR) is 148 cm³/mol. The van der Waals surface area contributed by atoms with Gasteiger partial charge >= 0.3 is 0 Å². The summed E-state index contributed by atoms with van der Waals surface area (Å²) in [6.45, 7) is 2.40. The maximum Gasteiger partial charge on any atom is 0.241 e. The van der Waals surface area contributed by atoms with Gasteiger partial charge in [0.25, 0.3) is 0 Å². The molecule has 3 heterocycles. The first-order valence-corrected chi connectivity index (χ1v) is 14.5. The van der Waals surface area contributed by atoms with E-state index in [1.807, 2.05) is 24.3 Å². The average molecular weight is 548 g/mol. The number of rotatable bonds is 9. The first-order chi connectivity index (χ1) is 18.7. The summed E-state index contributed by atoms with van der Waals surface area (Å²) in [7, 11) is -4.00. The molecule has 0 amide bonds. The number of benzene rings is 1. The van der Waals surface area contributed by atoms with Crippen LogP contribution in [0.15, 0.2) is 60.3 Å². The molecule has 6 rings (SSSR count). The van der Waals surface area contributed by atoms with E-state index >= 15 is 0 Å². The molecule has 9 nitrogen and oxygen atoms in total. The normalized spacial score (nSPS) is 17.3. The summed E-state index contributed by atoms with van der Waals surface area (Å²) in [4.78, 5) is 17.5. The number of aromatic nitrogens is 4. The Labute approximate surface area is 226 Å². The second-order valence-corrected chi connectivity index (χ2v) is 12.6. The van der Waals surface area contributed by atoms with Crippen molar-refractivity contribution in [3.05, 3.63) is 72.2 Å². The molecule has 11 heteroatoms. The number of fused-ring (bicyclic) bond motifs is 2. The molecular weight excluding hydrogens is 517 g/mol. The van der Waals surface area contributed by atoms with Crippen LogP contribution in [-0.4, -0.2) is 46.6 Å². The quantitative estimate of drug-likeness (QED) is 0.277. The van der Waals surface area contributed by atoms with Crippen LogP contribution in [0.3, 0.4) is 0 Å². The molecule has 1 fully saturated rings. The largest absolute Gasteiger partial charge is 0.377 e. The Morgan fingerprint density at radius 2 is 1.92 bits per heavy atom. The van der Waals surface area contributed by atoms with Gasteiger partial charge in [-0.1, -0.05) is 0 Å². The molecule has 0 bridgehead atoms. The van der Waals surface area contributed by atoms with Gasteiger partial charge in [0.2, 0.25) is 10.0 Å². The zero-order valence-corrected chi connectivity index (χ0v) is 22.6. The zero-order chi connectivity index (χ0) is 27.2. The lowest BCUT2D eigenvalue weighted by atomic mass is 10.0. The molecule has 2 aliphatic rings. The van der Waals surface area contributed by atoms with Crippen molar-refractivity contribution in [2.75, 3.05) is 17.2 Å². The Hall–Kier alpha value is -3.70. The van der Waals surface area contributed by atoms with Crippen LogP contribution in [0.1, 0.15) is 49.4 Å². The molecule has 1 saturated carbocycles. The van der Waals surface area contributed by atoms with Gasteiger partial charge in [0, 0.05) is 47.4 Å². The molecule has 0 radical (unpaired) electrons. The topological polar surface area (TPSA) is 122 Å². The van der Waals surface area contributed by atoms with E-state index < -0.39 is 15.7 Å². The maximum atomic E-state index is 14.3. The smallest absolute Gasteiger partial charge is 0.241 e. The van der Waals surface area contributed by atoms with Crippen molar-refractivity contribution in [1.29, 1.82) is 0 Å². The van der Waals surface area contributed by atoms with Crippen LogP contribution in [0.4, 0.5) is 21.6 Å². The number of halogens is 1. The lowest BCUT2D eigenvalue weighted by Gasteiger charge is -2.19. The third kappa shape index (κ3) is 5.55. The highest BCUT2D eigenvalue weighted by Crippen LogP contribution is 2.42. The first kappa shape index (κ1) is 25.6. The number of nitrogens with one attached hydrogen (secondary N) is 3. The predicted octanol–water partition coefficient (Wildman–Crippen LogP) is 4.65. The number of sulfonamides is 1. The third-order valence-corrected chi connectivity index (χ3v) is 8.58. The van der Waals surface area contributed by atoms with E-state index in [0.717, 1.165) is 40.7 Å². The Bertz CT molecular complexity index is 1640. The molecule has 2 aliphatic carbocycles. The van der Waals surface area contributed by atoms with Gasteiger partial charge in [0.1, 0.15) is 12.0 Å². The van der Waals surface area contributed by atoms with Crippen molar-refractivity contribution in [2.45, 2.75) is 62.1 Å². The van der Waals surface area contributed by atoms with Crippen LogP contribution in [0.25, 0.3) is 10.8 Å². The fourth-order valence-corrected chi connectivity index (χ4v) is 6.73. The molecule has 39 heavy (non-hydrogen) atoms. The number of alkyl halides is 1. The van der Waals surface area contributed by atoms with Crippen LogP contribution >= 0.6 is 0 Å². The molecule has 0 saturated heterocycles. The molecule has 1 aromatic carbocycles. The summed E-state index contributed by atoms with van der Waals surface area (Å²) < 4.78 is 44.3. The molecule has 1 unspecified atom stereocenters. The monoisotopic (exact) mass is 547 g/mol. The van der Waals surface area contributed by atoms with Crippen molar-refractivity contribution in [3.8, 4) is 0 Å². The van der Waals surface area contributed by atoms with Gasteiger partial charge in [-0.3, -0.25) is 9.97 Å². The Morgan fingerprint density at radius 1 is 1.08 bits per heavy atom. The standard InChI is InChI=1S/C28H30FN7O2S/c1-28(2,29)15-34-39(37,38)26-22-10-21(9-18(22)8-19-12-32-24(11-23(19)26)17-5-6-17)35-25-14-31-16-33-27(25)36-20-4-3-7-30-13-20/h3-4,7-8,11-14,16-17,21,34-35H,5-6,9-10,15H2,1-2H3,(H,31,33,36). The highest BCUT2D eigenvalue weighted by atomic mass is 32.2. The summed E-state index contributed by atoms with van der Waals surface area (Å²) in [5.74, 6) is 0.964. The van der Waals surface area contributed by atoms with Crippen LogP contribution in [0.5, 0.6) is 0 Å². The first-order valence-electron chi connectivity index (χ1n) is 13.0. The summed E-state index contributed by atoms with van der Waals surface area (Å²) in [5.41, 5.74) is 2.38. The molecule has 3 N–H and O–H groups in total. The van der Waals surface area contributed by atoms with E-state index in [1.54, 1.807) is 24.8 Å².